The van der Waals surface area contributed by atoms with Crippen LogP contribution in [0.4, 0.5) is 5.69 Å². The Bertz CT molecular complexity index is 442. The van der Waals surface area contributed by atoms with Crippen molar-refractivity contribution >= 4 is 15.9 Å². The fourth-order valence-electron chi connectivity index (χ4n) is 1.36. The maximum absolute atomic E-state index is 11.6. The molecule has 0 amide bonds. The SMILES string of the molecule is CCCNS(=O)(=O)NC(C)c1ccc(N)cc1. The molecule has 1 aromatic rings. The van der Waals surface area contributed by atoms with Crippen LogP contribution in [-0.4, -0.2) is 15.0 Å². The Hall–Kier alpha value is -1.11. The van der Waals surface area contributed by atoms with Gasteiger partial charge in [0.25, 0.3) is 10.2 Å². The molecule has 1 aromatic carbocycles. The van der Waals surface area contributed by atoms with Crippen molar-refractivity contribution in [3.8, 4) is 0 Å². The third kappa shape index (κ3) is 4.72. The molecule has 0 aromatic heterocycles. The van der Waals surface area contributed by atoms with Crippen molar-refractivity contribution < 1.29 is 8.42 Å². The number of nitrogens with one attached hydrogen (secondary N) is 2. The van der Waals surface area contributed by atoms with Gasteiger partial charge in [0.1, 0.15) is 0 Å². The average molecular weight is 257 g/mol. The molecule has 0 radical (unpaired) electrons. The lowest BCUT2D eigenvalue weighted by molar-refractivity contribution is 0.551. The van der Waals surface area contributed by atoms with Gasteiger partial charge in [0.05, 0.1) is 0 Å². The van der Waals surface area contributed by atoms with E-state index >= 15 is 0 Å². The summed E-state index contributed by atoms with van der Waals surface area (Å²) in [6.45, 7) is 4.13. The number of nitrogens with two attached hydrogens (primary N) is 1. The van der Waals surface area contributed by atoms with Crippen molar-refractivity contribution in [1.29, 1.82) is 0 Å². The van der Waals surface area contributed by atoms with Gasteiger partial charge in [-0.2, -0.15) is 13.1 Å². The average Bonchev–Trinajstić information content (AvgIpc) is 2.26. The van der Waals surface area contributed by atoms with E-state index in [9.17, 15) is 8.42 Å². The first kappa shape index (κ1) is 14.0. The second-order valence-electron chi connectivity index (χ2n) is 3.90. The van der Waals surface area contributed by atoms with Crippen LogP contribution in [0.5, 0.6) is 0 Å². The molecule has 1 atom stereocenters. The first-order chi connectivity index (χ1) is 7.94. The van der Waals surface area contributed by atoms with Crippen LogP contribution in [0.15, 0.2) is 24.3 Å². The summed E-state index contributed by atoms with van der Waals surface area (Å²) in [7, 11) is -3.43. The van der Waals surface area contributed by atoms with Gasteiger partial charge in [0, 0.05) is 18.3 Å². The quantitative estimate of drug-likeness (QED) is 0.669. The molecule has 0 fully saturated rings. The zero-order valence-corrected chi connectivity index (χ0v) is 10.9. The lowest BCUT2D eigenvalue weighted by Crippen LogP contribution is -2.38. The van der Waals surface area contributed by atoms with Gasteiger partial charge >= 0.3 is 0 Å². The number of hydrogen-bond donors (Lipinski definition) is 3. The van der Waals surface area contributed by atoms with E-state index in [-0.39, 0.29) is 6.04 Å². The summed E-state index contributed by atoms with van der Waals surface area (Å²) in [5, 5.41) is 0. The Morgan fingerprint density at radius 2 is 1.88 bits per heavy atom. The molecule has 0 aliphatic carbocycles. The maximum Gasteiger partial charge on any atom is 0.277 e. The molecule has 0 aliphatic heterocycles. The van der Waals surface area contributed by atoms with E-state index < -0.39 is 10.2 Å². The highest BCUT2D eigenvalue weighted by Gasteiger charge is 2.14. The van der Waals surface area contributed by atoms with Crippen LogP contribution in [0.1, 0.15) is 31.9 Å². The molecule has 0 aliphatic rings. The molecule has 4 N–H and O–H groups in total. The van der Waals surface area contributed by atoms with Gasteiger partial charge in [0.2, 0.25) is 0 Å². The fourth-order valence-corrected chi connectivity index (χ4v) is 2.52. The van der Waals surface area contributed by atoms with Crippen LogP contribution in [0.3, 0.4) is 0 Å². The zero-order chi connectivity index (χ0) is 12.9. The Balaban J connectivity index is 2.65. The number of hydrogen-bond acceptors (Lipinski definition) is 3. The largest absolute Gasteiger partial charge is 0.399 e. The standard InChI is InChI=1S/C11H19N3O2S/c1-3-8-13-17(15,16)14-9(2)10-4-6-11(12)7-5-10/h4-7,9,13-14H,3,8,12H2,1-2H3. The number of benzene rings is 1. The molecule has 0 heterocycles. The molecule has 5 nitrogen and oxygen atoms in total. The summed E-state index contributed by atoms with van der Waals surface area (Å²) in [6.07, 6.45) is 0.761. The van der Waals surface area contributed by atoms with Gasteiger partial charge in [-0.05, 0) is 31.0 Å². The molecule has 6 heteroatoms. The monoisotopic (exact) mass is 257 g/mol. The van der Waals surface area contributed by atoms with Crippen molar-refractivity contribution in [2.24, 2.45) is 0 Å². The van der Waals surface area contributed by atoms with Crippen LogP contribution in [0, 0.1) is 0 Å². The fraction of sp³-hybridized carbons (Fsp3) is 0.455. The summed E-state index contributed by atoms with van der Waals surface area (Å²) in [6, 6.07) is 6.83. The third-order valence-corrected chi connectivity index (χ3v) is 3.56. The summed E-state index contributed by atoms with van der Waals surface area (Å²) >= 11 is 0. The topological polar surface area (TPSA) is 84.2 Å². The van der Waals surface area contributed by atoms with E-state index in [4.69, 9.17) is 5.73 Å². The predicted octanol–water partition coefficient (Wildman–Crippen LogP) is 1.16. The first-order valence-electron chi connectivity index (χ1n) is 5.57. The normalized spacial score (nSPS) is 13.5. The summed E-state index contributed by atoms with van der Waals surface area (Å²) in [4.78, 5) is 0. The van der Waals surface area contributed by atoms with Crippen LogP contribution in [0.2, 0.25) is 0 Å². The minimum absolute atomic E-state index is 0.287. The predicted molar refractivity (Wildman–Crippen MR) is 69.6 cm³/mol. The second kappa shape index (κ2) is 6.00. The molecule has 96 valence electrons. The van der Waals surface area contributed by atoms with Crippen molar-refractivity contribution in [2.75, 3.05) is 12.3 Å². The number of anilines is 1. The van der Waals surface area contributed by atoms with Gasteiger partial charge in [-0.25, -0.2) is 4.72 Å². The molecule has 1 unspecified atom stereocenters. The van der Waals surface area contributed by atoms with E-state index in [0.717, 1.165) is 12.0 Å². The smallest absolute Gasteiger partial charge is 0.277 e. The molecular weight excluding hydrogens is 238 g/mol. The molecule has 1 rings (SSSR count). The molecule has 17 heavy (non-hydrogen) atoms. The Labute approximate surface area is 103 Å². The van der Waals surface area contributed by atoms with Gasteiger partial charge in [-0.15, -0.1) is 0 Å². The van der Waals surface area contributed by atoms with Crippen molar-refractivity contribution in [1.82, 2.24) is 9.44 Å². The van der Waals surface area contributed by atoms with Gasteiger partial charge in [-0.1, -0.05) is 19.1 Å². The Morgan fingerprint density at radius 1 is 1.29 bits per heavy atom. The van der Waals surface area contributed by atoms with E-state index in [2.05, 4.69) is 9.44 Å². The molecule has 0 saturated heterocycles. The zero-order valence-electron chi connectivity index (χ0n) is 10.1. The van der Waals surface area contributed by atoms with E-state index in [1.807, 2.05) is 19.1 Å². The minimum atomic E-state index is -3.43. The number of rotatable bonds is 6. The highest BCUT2D eigenvalue weighted by Crippen LogP contribution is 2.14. The van der Waals surface area contributed by atoms with Crippen LogP contribution in [-0.2, 0) is 10.2 Å². The van der Waals surface area contributed by atoms with Crippen molar-refractivity contribution in [3.05, 3.63) is 29.8 Å². The van der Waals surface area contributed by atoms with Crippen molar-refractivity contribution in [3.63, 3.8) is 0 Å². The van der Waals surface area contributed by atoms with Crippen LogP contribution < -0.4 is 15.2 Å². The molecule has 0 bridgehead atoms. The Morgan fingerprint density at radius 3 is 2.41 bits per heavy atom. The van der Waals surface area contributed by atoms with Crippen LogP contribution in [0.25, 0.3) is 0 Å². The summed E-state index contributed by atoms with van der Waals surface area (Å²) < 4.78 is 28.2. The maximum atomic E-state index is 11.6. The summed E-state index contributed by atoms with van der Waals surface area (Å²) in [5.74, 6) is 0. The highest BCUT2D eigenvalue weighted by atomic mass is 32.2. The molecular formula is C11H19N3O2S. The highest BCUT2D eigenvalue weighted by molar-refractivity contribution is 7.87. The minimum Gasteiger partial charge on any atom is -0.399 e. The van der Waals surface area contributed by atoms with Gasteiger partial charge in [0.15, 0.2) is 0 Å². The first-order valence-corrected chi connectivity index (χ1v) is 7.05. The second-order valence-corrected chi connectivity index (χ2v) is 5.44. The lowest BCUT2D eigenvalue weighted by Gasteiger charge is -2.15. The van der Waals surface area contributed by atoms with Crippen LogP contribution >= 0.6 is 0 Å². The molecule has 0 saturated carbocycles. The van der Waals surface area contributed by atoms with Crippen molar-refractivity contribution in [2.45, 2.75) is 26.3 Å². The van der Waals surface area contributed by atoms with Gasteiger partial charge < -0.3 is 5.73 Å². The Kier molecular flexibility index (Phi) is 4.92. The summed E-state index contributed by atoms with van der Waals surface area (Å²) in [5.41, 5.74) is 7.10. The molecule has 0 spiro atoms. The third-order valence-electron chi connectivity index (χ3n) is 2.31. The van der Waals surface area contributed by atoms with E-state index in [1.54, 1.807) is 19.1 Å². The van der Waals surface area contributed by atoms with E-state index in [1.165, 1.54) is 0 Å². The lowest BCUT2D eigenvalue weighted by atomic mass is 10.1. The number of nitrogen functional groups attached to an aromatic ring is 1. The van der Waals surface area contributed by atoms with Gasteiger partial charge in [-0.3, -0.25) is 0 Å². The van der Waals surface area contributed by atoms with E-state index in [0.29, 0.717) is 12.2 Å².